The zero-order valence-electron chi connectivity index (χ0n) is 13.1. The quantitative estimate of drug-likeness (QED) is 0.759. The van der Waals surface area contributed by atoms with Gasteiger partial charge in [0, 0.05) is 0 Å². The number of carboxylic acid groups (broad SMARTS) is 1. The van der Waals surface area contributed by atoms with Crippen molar-refractivity contribution in [1.29, 1.82) is 0 Å². The van der Waals surface area contributed by atoms with E-state index in [0.717, 1.165) is 12.8 Å². The van der Waals surface area contributed by atoms with E-state index >= 15 is 0 Å². The average molecular weight is 282 g/mol. The van der Waals surface area contributed by atoms with Crippen molar-refractivity contribution in [3.05, 3.63) is 0 Å². The van der Waals surface area contributed by atoms with Crippen molar-refractivity contribution < 1.29 is 14.6 Å². The minimum atomic E-state index is -0.651. The van der Waals surface area contributed by atoms with Crippen LogP contribution in [0.4, 0.5) is 0 Å². The van der Waals surface area contributed by atoms with Crippen molar-refractivity contribution >= 4 is 5.97 Å². The van der Waals surface area contributed by atoms with E-state index in [0.29, 0.717) is 18.4 Å². The lowest BCUT2D eigenvalue weighted by atomic mass is 9.63. The Balaban J connectivity index is 2.01. The number of hydrogen-bond acceptors (Lipinski definition) is 2. The van der Waals surface area contributed by atoms with Gasteiger partial charge in [-0.15, -0.1) is 0 Å². The molecule has 0 bridgehead atoms. The smallest absolute Gasteiger partial charge is 0.311 e. The van der Waals surface area contributed by atoms with E-state index in [1.807, 2.05) is 0 Å². The molecule has 0 aromatic rings. The molecule has 0 aromatic carbocycles. The van der Waals surface area contributed by atoms with Crippen molar-refractivity contribution in [2.24, 2.45) is 17.8 Å². The van der Waals surface area contributed by atoms with Gasteiger partial charge in [0.25, 0.3) is 0 Å². The van der Waals surface area contributed by atoms with Crippen LogP contribution in [0.5, 0.6) is 0 Å². The van der Waals surface area contributed by atoms with Crippen LogP contribution in [0.25, 0.3) is 0 Å². The predicted molar refractivity (Wildman–Crippen MR) is 79.7 cm³/mol. The number of aliphatic carboxylic acids is 1. The summed E-state index contributed by atoms with van der Waals surface area (Å²) in [6.45, 7) is 4.89. The molecule has 116 valence electrons. The topological polar surface area (TPSA) is 46.5 Å². The molecule has 1 saturated heterocycles. The second-order valence-corrected chi connectivity index (χ2v) is 6.93. The number of ether oxygens (including phenoxy) is 1. The maximum atomic E-state index is 11.4. The van der Waals surface area contributed by atoms with Crippen molar-refractivity contribution in [2.45, 2.75) is 77.2 Å². The van der Waals surface area contributed by atoms with Crippen molar-refractivity contribution in [3.8, 4) is 0 Å². The van der Waals surface area contributed by atoms with Gasteiger partial charge in [-0.2, -0.15) is 0 Å². The van der Waals surface area contributed by atoms with Gasteiger partial charge in [0.2, 0.25) is 0 Å². The number of rotatable bonds is 7. The first kappa shape index (κ1) is 15.8. The Labute approximate surface area is 123 Å². The van der Waals surface area contributed by atoms with E-state index < -0.39 is 5.97 Å². The number of unbranched alkanes of at least 4 members (excludes halogenated alkanes) is 2. The Morgan fingerprint density at radius 3 is 2.05 bits per heavy atom. The van der Waals surface area contributed by atoms with E-state index in [1.165, 1.54) is 44.9 Å². The van der Waals surface area contributed by atoms with Gasteiger partial charge >= 0.3 is 5.97 Å². The summed E-state index contributed by atoms with van der Waals surface area (Å²) in [5.74, 6) is 0.443. The second-order valence-electron chi connectivity index (χ2n) is 6.93. The molecule has 0 aromatic heterocycles. The molecule has 0 radical (unpaired) electrons. The summed E-state index contributed by atoms with van der Waals surface area (Å²) in [6.07, 6.45) is 10.7. The lowest BCUT2D eigenvalue weighted by molar-refractivity contribution is -0.239. The molecule has 2 rings (SSSR count). The maximum Gasteiger partial charge on any atom is 0.311 e. The average Bonchev–Trinajstić information content (AvgIpc) is 2.40. The second kappa shape index (κ2) is 6.93. The highest BCUT2D eigenvalue weighted by Crippen LogP contribution is 2.50. The van der Waals surface area contributed by atoms with Gasteiger partial charge in [-0.25, -0.2) is 0 Å². The third-order valence-corrected chi connectivity index (χ3v) is 5.34. The number of hydrogen-bond donors (Lipinski definition) is 1. The van der Waals surface area contributed by atoms with E-state index in [-0.39, 0.29) is 11.5 Å². The minimum absolute atomic E-state index is 0.254. The summed E-state index contributed by atoms with van der Waals surface area (Å²) in [5, 5.41) is 9.40. The van der Waals surface area contributed by atoms with Crippen LogP contribution in [0.15, 0.2) is 0 Å². The molecule has 1 N–H and O–H groups in total. The predicted octanol–water partition coefficient (Wildman–Crippen LogP) is 4.25. The van der Waals surface area contributed by atoms with Gasteiger partial charge < -0.3 is 9.84 Å². The summed E-state index contributed by atoms with van der Waals surface area (Å²) in [5.41, 5.74) is -0.319. The lowest BCUT2D eigenvalue weighted by Gasteiger charge is -2.53. The van der Waals surface area contributed by atoms with Gasteiger partial charge in [0.15, 0.2) is 0 Å². The first-order valence-corrected chi connectivity index (χ1v) is 8.48. The van der Waals surface area contributed by atoms with Crippen LogP contribution in [-0.4, -0.2) is 23.3 Å². The highest BCUT2D eigenvalue weighted by atomic mass is 16.5. The van der Waals surface area contributed by atoms with Crippen LogP contribution >= 0.6 is 0 Å². The zero-order chi connectivity index (χ0) is 14.6. The molecule has 20 heavy (non-hydrogen) atoms. The van der Waals surface area contributed by atoms with Gasteiger partial charge in [-0.05, 0) is 31.1 Å². The van der Waals surface area contributed by atoms with Crippen LogP contribution in [0, 0.1) is 17.8 Å². The van der Waals surface area contributed by atoms with Crippen LogP contribution in [0.1, 0.15) is 71.6 Å². The van der Waals surface area contributed by atoms with E-state index in [9.17, 15) is 9.90 Å². The fraction of sp³-hybridized carbons (Fsp3) is 0.941. The van der Waals surface area contributed by atoms with Gasteiger partial charge in [-0.3, -0.25) is 4.79 Å². The molecule has 2 fully saturated rings. The standard InChI is InChI=1S/C17H30O3/c1-3-5-7-13-9-14(8-6-4-2)11-17(10-13)15(12-20-17)16(18)19/h13-15H,3-12H2,1-2H3,(H,18,19). The van der Waals surface area contributed by atoms with Gasteiger partial charge in [-0.1, -0.05) is 52.4 Å². The first-order chi connectivity index (χ1) is 9.61. The Hall–Kier alpha value is -0.570. The maximum absolute atomic E-state index is 11.4. The zero-order valence-corrected chi connectivity index (χ0v) is 13.1. The first-order valence-electron chi connectivity index (χ1n) is 8.48. The molecule has 2 aliphatic rings. The summed E-state index contributed by atoms with van der Waals surface area (Å²) in [6, 6.07) is 0. The summed E-state index contributed by atoms with van der Waals surface area (Å²) in [4.78, 5) is 11.4. The van der Waals surface area contributed by atoms with Crippen molar-refractivity contribution in [2.75, 3.05) is 6.61 Å². The molecule has 0 amide bonds. The molecule has 1 aliphatic heterocycles. The minimum Gasteiger partial charge on any atom is -0.481 e. The largest absolute Gasteiger partial charge is 0.481 e. The van der Waals surface area contributed by atoms with Crippen molar-refractivity contribution in [3.63, 3.8) is 0 Å². The molecular weight excluding hydrogens is 252 g/mol. The highest BCUT2D eigenvalue weighted by Gasteiger charge is 2.55. The SMILES string of the molecule is CCCCC1CC(CCCC)CC2(C1)OCC2C(=O)O. The van der Waals surface area contributed by atoms with Crippen LogP contribution < -0.4 is 0 Å². The summed E-state index contributed by atoms with van der Waals surface area (Å²) < 4.78 is 5.87. The molecule has 3 heteroatoms. The molecule has 1 heterocycles. The molecule has 3 unspecified atom stereocenters. The molecule has 1 aliphatic carbocycles. The Kier molecular flexibility index (Phi) is 5.48. The fourth-order valence-electron chi connectivity index (χ4n) is 4.23. The van der Waals surface area contributed by atoms with Crippen molar-refractivity contribution in [1.82, 2.24) is 0 Å². The third-order valence-electron chi connectivity index (χ3n) is 5.34. The number of carboxylic acids is 1. The third kappa shape index (κ3) is 3.36. The van der Waals surface area contributed by atoms with E-state index in [4.69, 9.17) is 4.74 Å². The molecular formula is C17H30O3. The van der Waals surface area contributed by atoms with E-state index in [1.54, 1.807) is 0 Å². The van der Waals surface area contributed by atoms with Gasteiger partial charge in [0.05, 0.1) is 12.2 Å². The number of carbonyl (C=O) groups is 1. The van der Waals surface area contributed by atoms with Gasteiger partial charge in [0.1, 0.15) is 5.92 Å². The molecule has 3 atom stereocenters. The molecule has 1 spiro atoms. The monoisotopic (exact) mass is 282 g/mol. The fourth-order valence-corrected chi connectivity index (χ4v) is 4.23. The molecule has 1 saturated carbocycles. The Morgan fingerprint density at radius 1 is 1.15 bits per heavy atom. The van der Waals surface area contributed by atoms with Crippen LogP contribution in [0.2, 0.25) is 0 Å². The van der Waals surface area contributed by atoms with Crippen LogP contribution in [-0.2, 0) is 9.53 Å². The van der Waals surface area contributed by atoms with Crippen LogP contribution in [0.3, 0.4) is 0 Å². The lowest BCUT2D eigenvalue weighted by Crippen LogP contribution is -2.60. The summed E-state index contributed by atoms with van der Waals surface area (Å²) in [7, 11) is 0. The highest BCUT2D eigenvalue weighted by molar-refractivity contribution is 5.73. The normalized spacial score (nSPS) is 36.8. The summed E-state index contributed by atoms with van der Waals surface area (Å²) >= 11 is 0. The Bertz CT molecular complexity index is 310. The Morgan fingerprint density at radius 2 is 1.70 bits per heavy atom. The van der Waals surface area contributed by atoms with E-state index in [2.05, 4.69) is 13.8 Å². The molecule has 3 nitrogen and oxygen atoms in total.